The van der Waals surface area contributed by atoms with Crippen molar-refractivity contribution in [2.45, 2.75) is 32.2 Å². The fourth-order valence-electron chi connectivity index (χ4n) is 3.15. The van der Waals surface area contributed by atoms with Gasteiger partial charge in [0, 0.05) is 18.0 Å². The molecule has 1 aromatic carbocycles. The van der Waals surface area contributed by atoms with Gasteiger partial charge in [-0.2, -0.15) is 5.10 Å². The topological polar surface area (TPSA) is 69.9 Å². The first kappa shape index (κ1) is 11.5. The van der Waals surface area contributed by atoms with Crippen molar-refractivity contribution in [3.8, 4) is 0 Å². The van der Waals surface area contributed by atoms with Crippen LogP contribution in [0, 0.1) is 0 Å². The van der Waals surface area contributed by atoms with Crippen LogP contribution in [0.5, 0.6) is 0 Å². The van der Waals surface area contributed by atoms with E-state index >= 15 is 0 Å². The summed E-state index contributed by atoms with van der Waals surface area (Å²) in [5.74, 6) is 0.514. The minimum atomic E-state index is 0.514. The van der Waals surface area contributed by atoms with Crippen LogP contribution in [-0.4, -0.2) is 14.9 Å². The molecule has 1 aliphatic rings. The number of nitrogen functional groups attached to an aromatic ring is 1. The number of nitrogens with zero attached hydrogens (tertiary/aromatic N) is 3. The molecule has 5 nitrogen and oxygen atoms in total. The van der Waals surface area contributed by atoms with Crippen LogP contribution in [0.15, 0.2) is 29.0 Å². The molecule has 0 unspecified atom stereocenters. The number of nitrogens with two attached hydrogens (primary N) is 1. The molecule has 2 aromatic heterocycles. The molecular weight excluding hydrogens is 252 g/mol. The van der Waals surface area contributed by atoms with Crippen molar-refractivity contribution in [2.75, 3.05) is 5.73 Å². The molecule has 20 heavy (non-hydrogen) atoms. The van der Waals surface area contributed by atoms with Crippen molar-refractivity contribution >= 4 is 16.8 Å². The van der Waals surface area contributed by atoms with Crippen LogP contribution in [0.4, 0.5) is 5.82 Å². The zero-order chi connectivity index (χ0) is 13.5. The summed E-state index contributed by atoms with van der Waals surface area (Å²) in [6, 6.07) is 4.16. The Bertz CT molecular complexity index is 758. The molecule has 2 heterocycles. The fraction of sp³-hybridized carbons (Fsp3) is 0.333. The van der Waals surface area contributed by atoms with Crippen molar-refractivity contribution < 1.29 is 4.52 Å². The van der Waals surface area contributed by atoms with E-state index in [1.165, 1.54) is 24.0 Å². The Morgan fingerprint density at radius 2 is 2.20 bits per heavy atom. The first-order valence-corrected chi connectivity index (χ1v) is 6.99. The molecule has 4 rings (SSSR count). The zero-order valence-corrected chi connectivity index (χ0v) is 11.2. The molecule has 0 amide bonds. The summed E-state index contributed by atoms with van der Waals surface area (Å²) < 4.78 is 7.37. The molecule has 3 aromatic rings. The van der Waals surface area contributed by atoms with Gasteiger partial charge in [0.25, 0.3) is 0 Å². The maximum atomic E-state index is 6.02. The largest absolute Gasteiger partial charge is 0.380 e. The van der Waals surface area contributed by atoms with Crippen molar-refractivity contribution in [1.29, 1.82) is 0 Å². The Morgan fingerprint density at radius 1 is 1.30 bits per heavy atom. The summed E-state index contributed by atoms with van der Waals surface area (Å²) in [5.41, 5.74) is 10.7. The van der Waals surface area contributed by atoms with Gasteiger partial charge in [0.05, 0.1) is 11.9 Å². The van der Waals surface area contributed by atoms with Crippen LogP contribution in [0.2, 0.25) is 0 Å². The third-order valence-corrected chi connectivity index (χ3v) is 4.06. The van der Waals surface area contributed by atoms with E-state index in [4.69, 9.17) is 10.3 Å². The molecule has 1 aliphatic carbocycles. The standard InChI is InChI=1S/C15H16N4O/c16-15-13-12-5-2-1-4-10(12)8-11(14(13)20-18-15)9-19-7-3-6-17-19/h3,6-8H,1-2,4-5,9H2,(H2,16,18). The molecule has 5 heteroatoms. The second kappa shape index (κ2) is 4.37. The Morgan fingerprint density at radius 3 is 3.05 bits per heavy atom. The predicted molar refractivity (Wildman–Crippen MR) is 76.4 cm³/mol. The number of rotatable bonds is 2. The van der Waals surface area contributed by atoms with Crippen LogP contribution < -0.4 is 5.73 Å². The van der Waals surface area contributed by atoms with Crippen molar-refractivity contribution in [3.05, 3.63) is 41.2 Å². The van der Waals surface area contributed by atoms with Crippen LogP contribution in [0.25, 0.3) is 11.0 Å². The van der Waals surface area contributed by atoms with Gasteiger partial charge in [-0.1, -0.05) is 5.16 Å². The van der Waals surface area contributed by atoms with Gasteiger partial charge >= 0.3 is 0 Å². The van der Waals surface area contributed by atoms with Gasteiger partial charge in [0.1, 0.15) is 0 Å². The monoisotopic (exact) mass is 268 g/mol. The third kappa shape index (κ3) is 1.70. The summed E-state index contributed by atoms with van der Waals surface area (Å²) in [5, 5.41) is 9.25. The summed E-state index contributed by atoms with van der Waals surface area (Å²) in [6.07, 6.45) is 8.37. The lowest BCUT2D eigenvalue weighted by Crippen LogP contribution is -2.07. The fourth-order valence-corrected chi connectivity index (χ4v) is 3.15. The van der Waals surface area contributed by atoms with Gasteiger partial charge in [-0.3, -0.25) is 4.68 Å². The van der Waals surface area contributed by atoms with Gasteiger partial charge in [0.2, 0.25) is 0 Å². The van der Waals surface area contributed by atoms with E-state index in [9.17, 15) is 0 Å². The van der Waals surface area contributed by atoms with E-state index in [-0.39, 0.29) is 0 Å². The number of hydrogen-bond acceptors (Lipinski definition) is 4. The molecule has 0 fully saturated rings. The Hall–Kier alpha value is -2.30. The lowest BCUT2D eigenvalue weighted by Gasteiger charge is -2.18. The van der Waals surface area contributed by atoms with Gasteiger partial charge in [-0.15, -0.1) is 0 Å². The molecule has 102 valence electrons. The Balaban J connectivity index is 1.92. The number of aryl methyl sites for hydroxylation is 2. The number of fused-ring (bicyclic) bond motifs is 3. The second-order valence-corrected chi connectivity index (χ2v) is 5.36. The van der Waals surface area contributed by atoms with Gasteiger partial charge in [-0.25, -0.2) is 0 Å². The highest BCUT2D eigenvalue weighted by molar-refractivity contribution is 5.93. The zero-order valence-electron chi connectivity index (χ0n) is 11.2. The molecule has 0 radical (unpaired) electrons. The number of hydrogen-bond donors (Lipinski definition) is 1. The number of benzene rings is 1. The summed E-state index contributed by atoms with van der Waals surface area (Å²) in [7, 11) is 0. The van der Waals surface area contributed by atoms with Crippen molar-refractivity contribution in [2.24, 2.45) is 0 Å². The maximum Gasteiger partial charge on any atom is 0.175 e. The van der Waals surface area contributed by atoms with Crippen LogP contribution in [-0.2, 0) is 19.4 Å². The van der Waals surface area contributed by atoms with Crippen molar-refractivity contribution in [3.63, 3.8) is 0 Å². The number of anilines is 1. The molecular formula is C15H16N4O. The molecule has 2 N–H and O–H groups in total. The SMILES string of the molecule is Nc1noc2c(Cn3cccn3)cc3c(c12)CCCC3. The van der Waals surface area contributed by atoms with E-state index in [2.05, 4.69) is 16.3 Å². The first-order valence-electron chi connectivity index (χ1n) is 6.99. The van der Waals surface area contributed by atoms with Crippen LogP contribution in [0.3, 0.4) is 0 Å². The second-order valence-electron chi connectivity index (χ2n) is 5.36. The molecule has 0 aliphatic heterocycles. The van der Waals surface area contributed by atoms with E-state index in [1.807, 2.05) is 16.9 Å². The maximum absolute atomic E-state index is 6.02. The Labute approximate surface area is 116 Å². The summed E-state index contributed by atoms with van der Waals surface area (Å²) >= 11 is 0. The molecule has 0 atom stereocenters. The van der Waals surface area contributed by atoms with E-state index in [0.717, 1.165) is 29.4 Å². The number of aromatic nitrogens is 3. The normalized spacial score (nSPS) is 14.6. The van der Waals surface area contributed by atoms with Crippen molar-refractivity contribution in [1.82, 2.24) is 14.9 Å². The highest BCUT2D eigenvalue weighted by Gasteiger charge is 2.21. The molecule has 0 bridgehead atoms. The van der Waals surface area contributed by atoms with E-state index in [0.29, 0.717) is 12.4 Å². The third-order valence-electron chi connectivity index (χ3n) is 4.06. The van der Waals surface area contributed by atoms with Gasteiger partial charge in [0.15, 0.2) is 11.4 Å². The Kier molecular flexibility index (Phi) is 2.52. The first-order chi connectivity index (χ1) is 9.83. The molecule has 0 saturated carbocycles. The summed E-state index contributed by atoms with van der Waals surface area (Å²) in [6.45, 7) is 0.686. The van der Waals surface area contributed by atoms with Gasteiger partial charge < -0.3 is 10.3 Å². The highest BCUT2D eigenvalue weighted by atomic mass is 16.5. The minimum Gasteiger partial charge on any atom is -0.380 e. The lowest BCUT2D eigenvalue weighted by molar-refractivity contribution is 0.456. The average Bonchev–Trinajstić information content (AvgIpc) is 3.09. The van der Waals surface area contributed by atoms with E-state index < -0.39 is 0 Å². The van der Waals surface area contributed by atoms with Gasteiger partial charge in [-0.05, 0) is 48.9 Å². The lowest BCUT2D eigenvalue weighted by atomic mass is 9.87. The predicted octanol–water partition coefficient (Wildman–Crippen LogP) is 2.53. The van der Waals surface area contributed by atoms with E-state index in [1.54, 1.807) is 6.20 Å². The highest BCUT2D eigenvalue weighted by Crippen LogP contribution is 2.35. The quantitative estimate of drug-likeness (QED) is 0.775. The smallest absolute Gasteiger partial charge is 0.175 e. The minimum absolute atomic E-state index is 0.514. The summed E-state index contributed by atoms with van der Waals surface area (Å²) in [4.78, 5) is 0. The molecule has 0 spiro atoms. The van der Waals surface area contributed by atoms with Crippen LogP contribution in [0.1, 0.15) is 29.5 Å². The van der Waals surface area contributed by atoms with Crippen LogP contribution >= 0.6 is 0 Å². The molecule has 0 saturated heterocycles. The average molecular weight is 268 g/mol.